The average molecular weight is 437 g/mol. The Kier molecular flexibility index (Phi) is 5.67. The molecule has 1 saturated heterocycles. The number of rotatable bonds is 4. The van der Waals surface area contributed by atoms with E-state index in [1.165, 1.54) is 6.26 Å². The molecule has 1 unspecified atom stereocenters. The van der Waals surface area contributed by atoms with Crippen LogP contribution in [0.2, 0.25) is 0 Å². The molecule has 1 fully saturated rings. The van der Waals surface area contributed by atoms with Crippen LogP contribution in [-0.2, 0) is 34.2 Å². The van der Waals surface area contributed by atoms with Gasteiger partial charge in [-0.3, -0.25) is 4.79 Å². The van der Waals surface area contributed by atoms with E-state index in [4.69, 9.17) is 4.52 Å². The molecule has 2 aromatic rings. The fraction of sp³-hybridized carbons (Fsp3) is 0.684. The van der Waals surface area contributed by atoms with Crippen molar-refractivity contribution in [2.24, 2.45) is 0 Å². The molecule has 0 N–H and O–H groups in total. The van der Waals surface area contributed by atoms with Gasteiger partial charge in [-0.15, -0.1) is 10.2 Å². The number of aryl methyl sites for hydroxylation is 2. The maximum Gasteiger partial charge on any atom is 0.227 e. The highest BCUT2D eigenvalue weighted by molar-refractivity contribution is 7.88. The van der Waals surface area contributed by atoms with E-state index in [2.05, 4.69) is 15.4 Å². The Labute approximate surface area is 176 Å². The number of hydrogen-bond acceptors (Lipinski definition) is 7. The second kappa shape index (κ2) is 8.10. The van der Waals surface area contributed by atoms with E-state index in [1.807, 2.05) is 23.3 Å². The van der Waals surface area contributed by atoms with Crippen molar-refractivity contribution in [2.75, 3.05) is 25.9 Å². The van der Waals surface area contributed by atoms with Crippen LogP contribution < -0.4 is 0 Å². The van der Waals surface area contributed by atoms with E-state index in [1.54, 1.807) is 4.31 Å². The monoisotopic (exact) mass is 436 g/mol. The predicted molar refractivity (Wildman–Crippen MR) is 108 cm³/mol. The van der Waals surface area contributed by atoms with Crippen molar-refractivity contribution >= 4 is 15.9 Å². The molecule has 11 heteroatoms. The number of hydrogen-bond donors (Lipinski definition) is 0. The summed E-state index contributed by atoms with van der Waals surface area (Å²) in [5.74, 6) is 2.19. The molecule has 0 spiro atoms. The lowest BCUT2D eigenvalue weighted by atomic mass is 10.0. The Morgan fingerprint density at radius 1 is 1.13 bits per heavy atom. The minimum atomic E-state index is -3.33. The Morgan fingerprint density at radius 2 is 1.93 bits per heavy atom. The standard InChI is InChI=1S/C19H28N6O4S/c1-13-15(14(2)29-22-13)12-18(26)23-9-7-17-20-21-19(24(17)11-10-23)16-6-4-5-8-25(16)30(3,27)28/h16H,4-12H2,1-3H3. The van der Waals surface area contributed by atoms with Gasteiger partial charge in [-0.1, -0.05) is 11.6 Å². The molecule has 10 nitrogen and oxygen atoms in total. The molecule has 2 aliphatic rings. The molecule has 4 rings (SSSR count). The zero-order valence-electron chi connectivity index (χ0n) is 17.7. The molecule has 0 aromatic carbocycles. The van der Waals surface area contributed by atoms with Crippen molar-refractivity contribution in [3.63, 3.8) is 0 Å². The third kappa shape index (κ3) is 4.00. The van der Waals surface area contributed by atoms with Crippen LogP contribution in [0.5, 0.6) is 0 Å². The smallest absolute Gasteiger partial charge is 0.227 e. The summed E-state index contributed by atoms with van der Waals surface area (Å²) < 4.78 is 33.3. The van der Waals surface area contributed by atoms with Gasteiger partial charge >= 0.3 is 0 Å². The largest absolute Gasteiger partial charge is 0.361 e. The summed E-state index contributed by atoms with van der Waals surface area (Å²) in [6.07, 6.45) is 4.65. The molecule has 164 valence electrons. The molecule has 30 heavy (non-hydrogen) atoms. The molecule has 2 aromatic heterocycles. The summed E-state index contributed by atoms with van der Waals surface area (Å²) in [6, 6.07) is -0.292. The minimum Gasteiger partial charge on any atom is -0.361 e. The van der Waals surface area contributed by atoms with Gasteiger partial charge in [0, 0.05) is 38.2 Å². The van der Waals surface area contributed by atoms with Crippen LogP contribution in [0.1, 0.15) is 54.0 Å². The third-order valence-corrected chi connectivity index (χ3v) is 7.38. The van der Waals surface area contributed by atoms with Crippen LogP contribution in [-0.4, -0.2) is 69.3 Å². The van der Waals surface area contributed by atoms with E-state index < -0.39 is 10.0 Å². The molecule has 0 bridgehead atoms. The third-order valence-electron chi connectivity index (χ3n) is 6.09. The maximum atomic E-state index is 12.9. The number of carbonyl (C=O) groups is 1. The first-order valence-electron chi connectivity index (χ1n) is 10.3. The summed E-state index contributed by atoms with van der Waals surface area (Å²) >= 11 is 0. The van der Waals surface area contributed by atoms with Crippen molar-refractivity contribution in [2.45, 2.75) is 58.5 Å². The van der Waals surface area contributed by atoms with Crippen LogP contribution in [0.25, 0.3) is 0 Å². The Bertz CT molecular complexity index is 1020. The highest BCUT2D eigenvalue weighted by Crippen LogP contribution is 2.32. The van der Waals surface area contributed by atoms with E-state index in [-0.39, 0.29) is 18.4 Å². The van der Waals surface area contributed by atoms with Crippen molar-refractivity contribution in [3.8, 4) is 0 Å². The van der Waals surface area contributed by atoms with Gasteiger partial charge < -0.3 is 14.0 Å². The van der Waals surface area contributed by atoms with Gasteiger partial charge in [-0.25, -0.2) is 8.42 Å². The van der Waals surface area contributed by atoms with Gasteiger partial charge in [0.25, 0.3) is 0 Å². The first kappa shape index (κ1) is 21.0. The molecule has 0 aliphatic carbocycles. The first-order valence-corrected chi connectivity index (χ1v) is 12.2. The summed E-state index contributed by atoms with van der Waals surface area (Å²) in [5.41, 5.74) is 1.59. The molecule has 2 aliphatic heterocycles. The Morgan fingerprint density at radius 3 is 2.63 bits per heavy atom. The molecule has 0 saturated carbocycles. The molecular weight excluding hydrogens is 408 g/mol. The molecule has 0 radical (unpaired) electrons. The van der Waals surface area contributed by atoms with E-state index >= 15 is 0 Å². The lowest BCUT2D eigenvalue weighted by molar-refractivity contribution is -0.130. The SMILES string of the molecule is Cc1noc(C)c1CC(=O)N1CCc2nnc(C3CCCCN3S(C)(=O)=O)n2CC1. The summed E-state index contributed by atoms with van der Waals surface area (Å²) in [6.45, 7) is 5.81. The number of piperidine rings is 1. The van der Waals surface area contributed by atoms with Gasteiger partial charge in [-0.2, -0.15) is 4.31 Å². The zero-order valence-corrected chi connectivity index (χ0v) is 18.5. The van der Waals surface area contributed by atoms with Crippen LogP contribution in [0.3, 0.4) is 0 Å². The molecule has 4 heterocycles. The minimum absolute atomic E-state index is 0.0279. The predicted octanol–water partition coefficient (Wildman–Crippen LogP) is 0.997. The van der Waals surface area contributed by atoms with E-state index in [0.29, 0.717) is 44.2 Å². The van der Waals surface area contributed by atoms with Gasteiger partial charge in [0.05, 0.1) is 24.4 Å². The van der Waals surface area contributed by atoms with Crippen LogP contribution in [0, 0.1) is 13.8 Å². The summed E-state index contributed by atoms with van der Waals surface area (Å²) in [5, 5.41) is 12.6. The topological polar surface area (TPSA) is 114 Å². The van der Waals surface area contributed by atoms with Crippen molar-refractivity contribution in [1.82, 2.24) is 29.1 Å². The van der Waals surface area contributed by atoms with Crippen molar-refractivity contribution in [1.29, 1.82) is 0 Å². The quantitative estimate of drug-likeness (QED) is 0.702. The number of fused-ring (bicyclic) bond motifs is 1. The number of sulfonamides is 1. The Balaban J connectivity index is 1.51. The Hall–Kier alpha value is -2.27. The number of carbonyl (C=O) groups excluding carboxylic acids is 1. The fourth-order valence-corrected chi connectivity index (χ4v) is 5.54. The van der Waals surface area contributed by atoms with E-state index in [9.17, 15) is 13.2 Å². The second-order valence-electron chi connectivity index (χ2n) is 8.12. The molecule has 1 atom stereocenters. The molecule has 1 amide bonds. The highest BCUT2D eigenvalue weighted by Gasteiger charge is 2.35. The van der Waals surface area contributed by atoms with Crippen LogP contribution in [0.4, 0.5) is 0 Å². The van der Waals surface area contributed by atoms with Crippen LogP contribution in [0.15, 0.2) is 4.52 Å². The second-order valence-corrected chi connectivity index (χ2v) is 10.1. The van der Waals surface area contributed by atoms with Crippen molar-refractivity contribution in [3.05, 3.63) is 28.7 Å². The summed E-state index contributed by atoms with van der Waals surface area (Å²) in [4.78, 5) is 14.7. The van der Waals surface area contributed by atoms with Gasteiger partial charge in [0.2, 0.25) is 15.9 Å². The van der Waals surface area contributed by atoms with Gasteiger partial charge in [-0.05, 0) is 26.7 Å². The lowest BCUT2D eigenvalue weighted by Crippen LogP contribution is -2.39. The lowest BCUT2D eigenvalue weighted by Gasteiger charge is -2.33. The zero-order chi connectivity index (χ0) is 21.5. The number of amides is 1. The fourth-order valence-electron chi connectivity index (χ4n) is 4.42. The molecular formula is C19H28N6O4S. The van der Waals surface area contributed by atoms with Gasteiger partial charge in [0.1, 0.15) is 11.6 Å². The van der Waals surface area contributed by atoms with Gasteiger partial charge in [0.15, 0.2) is 5.82 Å². The average Bonchev–Trinajstić information content (AvgIpc) is 3.17. The highest BCUT2D eigenvalue weighted by atomic mass is 32.2. The number of aromatic nitrogens is 4. The van der Waals surface area contributed by atoms with E-state index in [0.717, 1.165) is 36.3 Å². The summed E-state index contributed by atoms with van der Waals surface area (Å²) in [7, 11) is -3.33. The number of nitrogens with zero attached hydrogens (tertiary/aromatic N) is 6. The normalized spacial score (nSPS) is 20.8. The van der Waals surface area contributed by atoms with Crippen molar-refractivity contribution < 1.29 is 17.7 Å². The maximum absolute atomic E-state index is 12.9. The first-order chi connectivity index (χ1) is 14.3. The van der Waals surface area contributed by atoms with Crippen LogP contribution >= 0.6 is 0 Å².